The Balaban J connectivity index is 1.80. The minimum Gasteiger partial charge on any atom is -0.465 e. The molecule has 4 aliphatic rings. The van der Waals surface area contributed by atoms with Gasteiger partial charge in [-0.25, -0.2) is 0 Å². The van der Waals surface area contributed by atoms with E-state index in [4.69, 9.17) is 4.74 Å². The summed E-state index contributed by atoms with van der Waals surface area (Å²) in [6.07, 6.45) is 12.5. The highest BCUT2D eigenvalue weighted by Crippen LogP contribution is 2.49. The SMILES string of the molecule is CC1=CC(C)(C)CC2C1=COC1=CC3N=CC(O)C=C3C=C12. The van der Waals surface area contributed by atoms with E-state index in [0.29, 0.717) is 5.92 Å². The Labute approximate surface area is 131 Å². The largest absolute Gasteiger partial charge is 0.465 e. The zero-order valence-corrected chi connectivity index (χ0v) is 13.2. The van der Waals surface area contributed by atoms with E-state index in [1.165, 1.54) is 16.7 Å². The van der Waals surface area contributed by atoms with Crippen LogP contribution >= 0.6 is 0 Å². The van der Waals surface area contributed by atoms with Crippen molar-refractivity contribution in [3.8, 4) is 0 Å². The Morgan fingerprint density at radius 2 is 2.09 bits per heavy atom. The maximum Gasteiger partial charge on any atom is 0.128 e. The maximum absolute atomic E-state index is 9.77. The van der Waals surface area contributed by atoms with Gasteiger partial charge in [0.05, 0.1) is 12.3 Å². The molecule has 0 aromatic rings. The van der Waals surface area contributed by atoms with Gasteiger partial charge in [0.1, 0.15) is 11.9 Å². The lowest BCUT2D eigenvalue weighted by Crippen LogP contribution is -2.30. The van der Waals surface area contributed by atoms with Gasteiger partial charge < -0.3 is 9.84 Å². The molecule has 0 amide bonds. The molecule has 0 aromatic heterocycles. The standard InChI is InChI=1S/C19H21NO2/c1-11-7-19(2,3)8-15-14-5-12-4-13(21)9-20-17(12)6-18(14)22-10-16(11)15/h4-7,9-10,13,15,17,21H,8H2,1-3H3. The molecule has 1 N–H and O–H groups in total. The molecule has 3 nitrogen and oxygen atoms in total. The van der Waals surface area contributed by atoms with E-state index in [1.807, 2.05) is 12.3 Å². The van der Waals surface area contributed by atoms with Crippen molar-refractivity contribution in [2.75, 3.05) is 0 Å². The summed E-state index contributed by atoms with van der Waals surface area (Å²) in [6, 6.07) is -0.0228. The van der Waals surface area contributed by atoms with Crippen LogP contribution in [0.5, 0.6) is 0 Å². The molecule has 0 aromatic carbocycles. The third-order valence-electron chi connectivity index (χ3n) is 4.88. The van der Waals surface area contributed by atoms with Crippen molar-refractivity contribution in [3.05, 3.63) is 58.6 Å². The molecule has 2 aliphatic heterocycles. The molecule has 3 heteroatoms. The highest BCUT2D eigenvalue weighted by Gasteiger charge is 2.38. The first-order valence-electron chi connectivity index (χ1n) is 7.86. The van der Waals surface area contributed by atoms with Gasteiger partial charge in [-0.15, -0.1) is 0 Å². The molecule has 0 fully saturated rings. The molecule has 114 valence electrons. The molecule has 0 saturated carbocycles. The third kappa shape index (κ3) is 2.12. The van der Waals surface area contributed by atoms with E-state index in [-0.39, 0.29) is 11.5 Å². The maximum atomic E-state index is 9.77. The number of aliphatic hydroxyl groups is 1. The Hall–Kier alpha value is -1.87. The predicted octanol–water partition coefficient (Wildman–Crippen LogP) is 3.46. The first kappa shape index (κ1) is 13.8. The van der Waals surface area contributed by atoms with Crippen LogP contribution in [0.1, 0.15) is 27.2 Å². The lowest BCUT2D eigenvalue weighted by molar-refractivity contribution is 0.283. The second-order valence-electron chi connectivity index (χ2n) is 7.29. The third-order valence-corrected chi connectivity index (χ3v) is 4.88. The van der Waals surface area contributed by atoms with E-state index < -0.39 is 6.10 Å². The number of nitrogens with zero attached hydrogens (tertiary/aromatic N) is 1. The fourth-order valence-corrected chi connectivity index (χ4v) is 3.97. The summed E-state index contributed by atoms with van der Waals surface area (Å²) in [4.78, 5) is 4.39. The fraction of sp³-hybridized carbons (Fsp3) is 0.421. The predicted molar refractivity (Wildman–Crippen MR) is 87.3 cm³/mol. The molecular weight excluding hydrogens is 274 g/mol. The van der Waals surface area contributed by atoms with Gasteiger partial charge in [0, 0.05) is 17.7 Å². The summed E-state index contributed by atoms with van der Waals surface area (Å²) in [7, 11) is 0. The molecule has 0 radical (unpaired) electrons. The van der Waals surface area contributed by atoms with Crippen molar-refractivity contribution in [2.45, 2.75) is 39.3 Å². The molecule has 2 aliphatic carbocycles. The van der Waals surface area contributed by atoms with Crippen LogP contribution in [0.25, 0.3) is 0 Å². The lowest BCUT2D eigenvalue weighted by atomic mass is 9.67. The summed E-state index contributed by atoms with van der Waals surface area (Å²) in [6.45, 7) is 6.73. The van der Waals surface area contributed by atoms with Gasteiger partial charge in [0.15, 0.2) is 0 Å². The van der Waals surface area contributed by atoms with Crippen molar-refractivity contribution in [1.29, 1.82) is 0 Å². The van der Waals surface area contributed by atoms with Crippen LogP contribution in [0.2, 0.25) is 0 Å². The first-order valence-corrected chi connectivity index (χ1v) is 7.86. The average molecular weight is 295 g/mol. The Bertz CT molecular complexity index is 716. The highest BCUT2D eigenvalue weighted by atomic mass is 16.5. The molecule has 0 saturated heterocycles. The second kappa shape index (κ2) is 4.56. The zero-order chi connectivity index (χ0) is 15.5. The number of hydrogen-bond donors (Lipinski definition) is 1. The van der Waals surface area contributed by atoms with E-state index in [0.717, 1.165) is 17.8 Å². The van der Waals surface area contributed by atoms with Gasteiger partial charge in [-0.05, 0) is 53.7 Å². The Kier molecular flexibility index (Phi) is 2.85. The van der Waals surface area contributed by atoms with Gasteiger partial charge in [-0.1, -0.05) is 19.9 Å². The van der Waals surface area contributed by atoms with E-state index >= 15 is 0 Å². The number of dihydropyridines is 1. The monoisotopic (exact) mass is 295 g/mol. The van der Waals surface area contributed by atoms with E-state index in [2.05, 4.69) is 44.0 Å². The summed E-state index contributed by atoms with van der Waals surface area (Å²) in [5, 5.41) is 9.77. The Morgan fingerprint density at radius 3 is 2.91 bits per heavy atom. The zero-order valence-electron chi connectivity index (χ0n) is 13.2. The minimum atomic E-state index is -0.581. The summed E-state index contributed by atoms with van der Waals surface area (Å²) in [5.74, 6) is 1.29. The van der Waals surface area contributed by atoms with Crippen LogP contribution in [0, 0.1) is 11.3 Å². The van der Waals surface area contributed by atoms with Crippen molar-refractivity contribution in [1.82, 2.24) is 0 Å². The summed E-state index contributed by atoms with van der Waals surface area (Å²) >= 11 is 0. The minimum absolute atomic E-state index is 0.0228. The van der Waals surface area contributed by atoms with Gasteiger partial charge in [0.2, 0.25) is 0 Å². The lowest BCUT2D eigenvalue weighted by Gasteiger charge is -2.40. The van der Waals surface area contributed by atoms with Crippen LogP contribution in [0.3, 0.4) is 0 Å². The summed E-state index contributed by atoms with van der Waals surface area (Å²) < 4.78 is 5.89. The molecule has 0 bridgehead atoms. The number of allylic oxidation sites excluding steroid dienone is 4. The van der Waals surface area contributed by atoms with Crippen LogP contribution in [0.4, 0.5) is 0 Å². The average Bonchev–Trinajstić information content (AvgIpc) is 2.44. The van der Waals surface area contributed by atoms with Crippen LogP contribution < -0.4 is 0 Å². The molecular formula is C19H21NO2. The smallest absolute Gasteiger partial charge is 0.128 e. The van der Waals surface area contributed by atoms with Gasteiger partial charge >= 0.3 is 0 Å². The molecule has 3 unspecified atom stereocenters. The van der Waals surface area contributed by atoms with Gasteiger partial charge in [-0.3, -0.25) is 4.99 Å². The van der Waals surface area contributed by atoms with Gasteiger partial charge in [-0.2, -0.15) is 0 Å². The molecule has 22 heavy (non-hydrogen) atoms. The van der Waals surface area contributed by atoms with Crippen molar-refractivity contribution >= 4 is 6.21 Å². The van der Waals surface area contributed by atoms with Crippen molar-refractivity contribution in [3.63, 3.8) is 0 Å². The number of aliphatic imine (C=N–C) groups is 1. The van der Waals surface area contributed by atoms with E-state index in [1.54, 1.807) is 6.21 Å². The number of hydrogen-bond acceptors (Lipinski definition) is 3. The van der Waals surface area contributed by atoms with Gasteiger partial charge in [0.25, 0.3) is 0 Å². The number of ether oxygens (including phenoxy) is 1. The molecule has 3 atom stereocenters. The van der Waals surface area contributed by atoms with Crippen LogP contribution in [-0.2, 0) is 4.74 Å². The van der Waals surface area contributed by atoms with Crippen molar-refractivity contribution < 1.29 is 9.84 Å². The first-order chi connectivity index (χ1) is 10.4. The quantitative estimate of drug-likeness (QED) is 0.743. The number of fused-ring (bicyclic) bond motifs is 4. The molecule has 4 rings (SSSR count). The van der Waals surface area contributed by atoms with Crippen molar-refractivity contribution in [2.24, 2.45) is 16.3 Å². The topological polar surface area (TPSA) is 41.8 Å². The summed E-state index contributed by atoms with van der Waals surface area (Å²) in [5.41, 5.74) is 5.07. The van der Waals surface area contributed by atoms with Crippen LogP contribution in [0.15, 0.2) is 63.6 Å². The van der Waals surface area contributed by atoms with E-state index in [9.17, 15) is 5.11 Å². The molecule has 2 heterocycles. The van der Waals surface area contributed by atoms with Crippen LogP contribution in [-0.4, -0.2) is 23.5 Å². The normalized spacial score (nSPS) is 34.7. The second-order valence-corrected chi connectivity index (χ2v) is 7.29. The number of aliphatic hydroxyl groups excluding tert-OH is 1. The highest BCUT2D eigenvalue weighted by molar-refractivity contribution is 5.70. The fourth-order valence-electron chi connectivity index (χ4n) is 3.97. The Morgan fingerprint density at radius 1 is 1.27 bits per heavy atom. The number of rotatable bonds is 0. The molecule has 0 spiro atoms.